The van der Waals surface area contributed by atoms with E-state index in [1.807, 2.05) is 24.3 Å². The molecular formula is C9H11ClN2. The van der Waals surface area contributed by atoms with Gasteiger partial charge in [0.1, 0.15) is 0 Å². The second-order valence-electron chi connectivity index (χ2n) is 3.14. The number of nitrogens with zero attached hydrogens (tertiary/aromatic N) is 1. The van der Waals surface area contributed by atoms with Crippen molar-refractivity contribution in [2.75, 3.05) is 18.0 Å². The van der Waals surface area contributed by atoms with Crippen LogP contribution in [-0.4, -0.2) is 19.1 Å². The Labute approximate surface area is 76.9 Å². The van der Waals surface area contributed by atoms with Crippen molar-refractivity contribution in [1.82, 2.24) is 0 Å². The third kappa shape index (κ3) is 1.40. The zero-order chi connectivity index (χ0) is 8.55. The third-order valence-electron chi connectivity index (χ3n) is 2.10. The molecule has 0 bridgehead atoms. The molecule has 64 valence electrons. The molecule has 1 aromatic rings. The van der Waals surface area contributed by atoms with E-state index in [0.717, 1.165) is 18.1 Å². The highest BCUT2D eigenvalue weighted by Crippen LogP contribution is 2.21. The third-order valence-corrected chi connectivity index (χ3v) is 2.35. The molecule has 1 heterocycles. The average Bonchev–Trinajstić information content (AvgIpc) is 2.01. The lowest BCUT2D eigenvalue weighted by molar-refractivity contribution is 0.519. The molecule has 0 aromatic heterocycles. The first-order valence-corrected chi connectivity index (χ1v) is 4.39. The van der Waals surface area contributed by atoms with E-state index in [2.05, 4.69) is 4.90 Å². The van der Waals surface area contributed by atoms with Gasteiger partial charge in [0.2, 0.25) is 0 Å². The van der Waals surface area contributed by atoms with Crippen LogP contribution in [0.4, 0.5) is 5.69 Å². The van der Waals surface area contributed by atoms with E-state index in [4.69, 9.17) is 17.3 Å². The summed E-state index contributed by atoms with van der Waals surface area (Å²) in [5.74, 6) is 0. The van der Waals surface area contributed by atoms with Crippen molar-refractivity contribution < 1.29 is 0 Å². The van der Waals surface area contributed by atoms with Crippen molar-refractivity contribution in [3.8, 4) is 0 Å². The molecule has 0 saturated carbocycles. The van der Waals surface area contributed by atoms with Crippen molar-refractivity contribution in [3.63, 3.8) is 0 Å². The lowest BCUT2D eigenvalue weighted by Gasteiger charge is -2.38. The molecule has 2 N–H and O–H groups in total. The Bertz CT molecular complexity index is 264. The van der Waals surface area contributed by atoms with Crippen LogP contribution < -0.4 is 10.6 Å². The summed E-state index contributed by atoms with van der Waals surface area (Å²) < 4.78 is 0. The van der Waals surface area contributed by atoms with Gasteiger partial charge in [-0.2, -0.15) is 0 Å². The summed E-state index contributed by atoms with van der Waals surface area (Å²) in [5.41, 5.74) is 6.88. The van der Waals surface area contributed by atoms with Crippen molar-refractivity contribution in [1.29, 1.82) is 0 Å². The van der Waals surface area contributed by atoms with Crippen molar-refractivity contribution in [2.24, 2.45) is 5.73 Å². The molecule has 0 spiro atoms. The molecule has 1 aliphatic heterocycles. The van der Waals surface area contributed by atoms with Crippen LogP contribution in [0.5, 0.6) is 0 Å². The largest absolute Gasteiger partial charge is 0.368 e. The second kappa shape index (κ2) is 2.96. The molecule has 0 unspecified atom stereocenters. The van der Waals surface area contributed by atoms with Crippen LogP contribution in [0.25, 0.3) is 0 Å². The summed E-state index contributed by atoms with van der Waals surface area (Å²) in [7, 11) is 0. The van der Waals surface area contributed by atoms with Gasteiger partial charge in [-0.15, -0.1) is 0 Å². The zero-order valence-electron chi connectivity index (χ0n) is 6.70. The number of anilines is 1. The molecule has 2 rings (SSSR count). The molecule has 12 heavy (non-hydrogen) atoms. The fraction of sp³-hybridized carbons (Fsp3) is 0.333. The van der Waals surface area contributed by atoms with Gasteiger partial charge in [-0.1, -0.05) is 11.6 Å². The number of hydrogen-bond acceptors (Lipinski definition) is 2. The minimum absolute atomic E-state index is 0.348. The van der Waals surface area contributed by atoms with Crippen LogP contribution in [-0.2, 0) is 0 Å². The quantitative estimate of drug-likeness (QED) is 0.713. The summed E-state index contributed by atoms with van der Waals surface area (Å²) in [5, 5.41) is 0.781. The first-order valence-electron chi connectivity index (χ1n) is 4.02. The zero-order valence-corrected chi connectivity index (χ0v) is 7.46. The van der Waals surface area contributed by atoms with Gasteiger partial charge < -0.3 is 10.6 Å². The number of benzene rings is 1. The lowest BCUT2D eigenvalue weighted by atomic mass is 10.1. The van der Waals surface area contributed by atoms with Gasteiger partial charge in [0.05, 0.1) is 0 Å². The summed E-state index contributed by atoms with van der Waals surface area (Å²) in [6.07, 6.45) is 0. The van der Waals surface area contributed by atoms with E-state index >= 15 is 0 Å². The maximum atomic E-state index is 5.76. The normalized spacial score (nSPS) is 17.7. The molecule has 0 atom stereocenters. The van der Waals surface area contributed by atoms with E-state index in [1.54, 1.807) is 0 Å². The van der Waals surface area contributed by atoms with Crippen LogP contribution in [0.2, 0.25) is 5.02 Å². The number of hydrogen-bond donors (Lipinski definition) is 1. The van der Waals surface area contributed by atoms with Gasteiger partial charge in [0, 0.05) is 29.8 Å². The Kier molecular flexibility index (Phi) is 1.95. The Balaban J connectivity index is 2.09. The van der Waals surface area contributed by atoms with Gasteiger partial charge in [-0.05, 0) is 24.3 Å². The first-order chi connectivity index (χ1) is 5.75. The SMILES string of the molecule is NC1CN(c2ccc(Cl)cc2)C1. The molecule has 1 fully saturated rings. The highest BCUT2D eigenvalue weighted by Gasteiger charge is 2.22. The summed E-state index contributed by atoms with van der Waals surface area (Å²) >= 11 is 5.76. The molecule has 1 saturated heterocycles. The van der Waals surface area contributed by atoms with Gasteiger partial charge in [-0.3, -0.25) is 0 Å². The molecule has 0 amide bonds. The smallest absolute Gasteiger partial charge is 0.0407 e. The topological polar surface area (TPSA) is 29.3 Å². The predicted octanol–water partition coefficient (Wildman–Crippen LogP) is 1.49. The van der Waals surface area contributed by atoms with Gasteiger partial charge in [0.25, 0.3) is 0 Å². The van der Waals surface area contributed by atoms with Gasteiger partial charge >= 0.3 is 0 Å². The molecule has 2 nitrogen and oxygen atoms in total. The standard InChI is InChI=1S/C9H11ClN2/c10-7-1-3-9(4-2-7)12-5-8(11)6-12/h1-4,8H,5-6,11H2. The molecular weight excluding hydrogens is 172 g/mol. The van der Waals surface area contributed by atoms with E-state index < -0.39 is 0 Å². The van der Waals surface area contributed by atoms with Crippen LogP contribution in [0.3, 0.4) is 0 Å². The highest BCUT2D eigenvalue weighted by atomic mass is 35.5. The predicted molar refractivity (Wildman–Crippen MR) is 51.6 cm³/mol. The van der Waals surface area contributed by atoms with E-state index in [1.165, 1.54) is 5.69 Å². The lowest BCUT2D eigenvalue weighted by Crippen LogP contribution is -2.55. The average molecular weight is 183 g/mol. The second-order valence-corrected chi connectivity index (χ2v) is 3.58. The van der Waals surface area contributed by atoms with E-state index in [9.17, 15) is 0 Å². The van der Waals surface area contributed by atoms with Crippen molar-refractivity contribution in [2.45, 2.75) is 6.04 Å². The fourth-order valence-corrected chi connectivity index (χ4v) is 1.50. The molecule has 0 radical (unpaired) electrons. The van der Waals surface area contributed by atoms with E-state index in [0.29, 0.717) is 6.04 Å². The highest BCUT2D eigenvalue weighted by molar-refractivity contribution is 6.30. The Morgan fingerprint density at radius 3 is 2.33 bits per heavy atom. The van der Waals surface area contributed by atoms with Crippen molar-refractivity contribution in [3.05, 3.63) is 29.3 Å². The molecule has 0 aliphatic carbocycles. The Morgan fingerprint density at radius 2 is 1.83 bits per heavy atom. The monoisotopic (exact) mass is 182 g/mol. The Hall–Kier alpha value is -0.730. The minimum Gasteiger partial charge on any atom is -0.368 e. The fourth-order valence-electron chi connectivity index (χ4n) is 1.38. The van der Waals surface area contributed by atoms with Crippen LogP contribution >= 0.6 is 11.6 Å². The molecule has 3 heteroatoms. The molecule has 1 aromatic carbocycles. The first kappa shape index (κ1) is 7.90. The summed E-state index contributed by atoms with van der Waals surface area (Å²) in [6, 6.07) is 8.20. The maximum Gasteiger partial charge on any atom is 0.0407 e. The minimum atomic E-state index is 0.348. The van der Waals surface area contributed by atoms with Crippen molar-refractivity contribution >= 4 is 17.3 Å². The Morgan fingerprint density at radius 1 is 1.25 bits per heavy atom. The van der Waals surface area contributed by atoms with Crippen LogP contribution in [0.1, 0.15) is 0 Å². The number of rotatable bonds is 1. The maximum absolute atomic E-state index is 5.76. The summed E-state index contributed by atoms with van der Waals surface area (Å²) in [6.45, 7) is 1.92. The van der Waals surface area contributed by atoms with E-state index in [-0.39, 0.29) is 0 Å². The van der Waals surface area contributed by atoms with Crippen LogP contribution in [0, 0.1) is 0 Å². The van der Waals surface area contributed by atoms with Gasteiger partial charge in [-0.25, -0.2) is 0 Å². The number of halogens is 1. The summed E-state index contributed by atoms with van der Waals surface area (Å²) in [4.78, 5) is 2.24. The van der Waals surface area contributed by atoms with Gasteiger partial charge in [0.15, 0.2) is 0 Å². The number of nitrogens with two attached hydrogens (primary N) is 1. The van der Waals surface area contributed by atoms with Crippen LogP contribution in [0.15, 0.2) is 24.3 Å². The molecule has 1 aliphatic rings.